The molecule has 0 aliphatic carbocycles. The number of ether oxygens (including phenoxy) is 2. The van der Waals surface area contributed by atoms with Gasteiger partial charge in [0.05, 0.1) is 25.3 Å². The molecule has 0 amide bonds. The average molecular weight is 458 g/mol. The number of rotatable bonds is 5. The van der Waals surface area contributed by atoms with Crippen molar-refractivity contribution in [3.05, 3.63) is 46.5 Å². The summed E-state index contributed by atoms with van der Waals surface area (Å²) in [6.45, 7) is 3.11. The maximum Gasteiger partial charge on any atom is 0.339 e. The molecule has 0 saturated heterocycles. The number of aryl methyl sites for hydroxylation is 2. The summed E-state index contributed by atoms with van der Waals surface area (Å²) in [7, 11) is -8.95. The maximum absolute atomic E-state index is 12.5. The van der Waals surface area contributed by atoms with E-state index in [1.807, 2.05) is 0 Å². The lowest BCUT2D eigenvalue weighted by Gasteiger charge is -2.20. The normalized spacial score (nSPS) is 11.8. The van der Waals surface area contributed by atoms with Gasteiger partial charge in [0.2, 0.25) is 0 Å². The molecule has 2 rings (SSSR count). The fraction of sp³-hybridized carbons (Fsp3) is 0.222. The van der Waals surface area contributed by atoms with Crippen LogP contribution in [0.2, 0.25) is 0 Å². The molecule has 2 aromatic carbocycles. The number of carbonyl (C=O) groups excluding carboxylic acids is 2. The highest BCUT2D eigenvalue weighted by atomic mass is 32.2. The van der Waals surface area contributed by atoms with Crippen molar-refractivity contribution in [3.8, 4) is 11.1 Å². The summed E-state index contributed by atoms with van der Waals surface area (Å²) in [6.07, 6.45) is 0. The van der Waals surface area contributed by atoms with E-state index in [9.17, 15) is 35.5 Å². The number of benzene rings is 2. The molecule has 10 nitrogen and oxygen atoms in total. The molecule has 30 heavy (non-hydrogen) atoms. The first-order valence-corrected chi connectivity index (χ1v) is 11.0. The minimum absolute atomic E-state index is 0.0897. The van der Waals surface area contributed by atoms with Crippen molar-refractivity contribution in [2.45, 2.75) is 23.6 Å². The van der Waals surface area contributed by atoms with Crippen LogP contribution in [-0.4, -0.2) is 52.1 Å². The number of esters is 2. The molecule has 0 aromatic heterocycles. The number of hydrogen-bond acceptors (Lipinski definition) is 8. The third kappa shape index (κ3) is 4.21. The first-order chi connectivity index (χ1) is 13.8. The first kappa shape index (κ1) is 23.5. The van der Waals surface area contributed by atoms with Crippen molar-refractivity contribution < 1.29 is 45.0 Å². The fourth-order valence-corrected chi connectivity index (χ4v) is 5.33. The molecule has 162 valence electrons. The largest absolute Gasteiger partial charge is 0.465 e. The van der Waals surface area contributed by atoms with Crippen LogP contribution in [-0.2, 0) is 29.7 Å². The zero-order chi connectivity index (χ0) is 23.0. The highest BCUT2D eigenvalue weighted by Gasteiger charge is 2.38. The Morgan fingerprint density at radius 2 is 1.20 bits per heavy atom. The third-order valence-corrected chi connectivity index (χ3v) is 6.29. The molecule has 0 heterocycles. The third-order valence-electron chi connectivity index (χ3n) is 4.29. The summed E-state index contributed by atoms with van der Waals surface area (Å²) in [6, 6.07) is 5.47. The molecule has 2 aromatic rings. The summed E-state index contributed by atoms with van der Waals surface area (Å²) in [5, 5.41) is 0. The quantitative estimate of drug-likeness (QED) is 0.501. The molecule has 0 saturated carbocycles. The molecular weight excluding hydrogens is 440 g/mol. The van der Waals surface area contributed by atoms with E-state index in [0.29, 0.717) is 11.1 Å². The summed E-state index contributed by atoms with van der Waals surface area (Å²) >= 11 is 0. The Kier molecular flexibility index (Phi) is 6.37. The van der Waals surface area contributed by atoms with Crippen LogP contribution in [0.15, 0.2) is 34.1 Å². The zero-order valence-electron chi connectivity index (χ0n) is 16.3. The molecule has 0 aliphatic rings. The second kappa shape index (κ2) is 8.14. The Morgan fingerprint density at radius 3 is 1.60 bits per heavy atom. The summed E-state index contributed by atoms with van der Waals surface area (Å²) in [5.74, 6) is -2.49. The average Bonchev–Trinajstić information content (AvgIpc) is 2.64. The van der Waals surface area contributed by atoms with E-state index >= 15 is 0 Å². The van der Waals surface area contributed by atoms with Gasteiger partial charge in [0.1, 0.15) is 9.79 Å². The molecule has 2 N–H and O–H groups in total. The molecule has 0 radical (unpaired) electrons. The predicted octanol–water partition coefficient (Wildman–Crippen LogP) is 2.04. The van der Waals surface area contributed by atoms with Gasteiger partial charge in [0, 0.05) is 5.56 Å². The van der Waals surface area contributed by atoms with E-state index in [0.717, 1.165) is 20.3 Å². The van der Waals surface area contributed by atoms with Gasteiger partial charge in [-0.15, -0.1) is 0 Å². The molecule has 0 unspecified atom stereocenters. The zero-order valence-corrected chi connectivity index (χ0v) is 17.9. The lowest BCUT2D eigenvalue weighted by Crippen LogP contribution is -2.20. The van der Waals surface area contributed by atoms with Gasteiger partial charge < -0.3 is 9.47 Å². The predicted molar refractivity (Wildman–Crippen MR) is 104 cm³/mol. The molecule has 0 spiro atoms. The van der Waals surface area contributed by atoms with E-state index in [4.69, 9.17) is 0 Å². The van der Waals surface area contributed by atoms with Crippen molar-refractivity contribution in [2.24, 2.45) is 0 Å². The molecule has 0 aliphatic heterocycles. The van der Waals surface area contributed by atoms with Crippen LogP contribution in [0.3, 0.4) is 0 Å². The number of carbonyl (C=O) groups is 2. The van der Waals surface area contributed by atoms with Gasteiger partial charge >= 0.3 is 11.9 Å². The summed E-state index contributed by atoms with van der Waals surface area (Å²) in [4.78, 5) is 21.9. The Bertz CT molecular complexity index is 1240. The van der Waals surface area contributed by atoms with Gasteiger partial charge in [-0.05, 0) is 36.6 Å². The van der Waals surface area contributed by atoms with Crippen molar-refractivity contribution >= 4 is 32.2 Å². The van der Waals surface area contributed by atoms with Gasteiger partial charge in [0.25, 0.3) is 20.2 Å². The highest BCUT2D eigenvalue weighted by Crippen LogP contribution is 2.41. The minimum atomic E-state index is -5.41. The summed E-state index contributed by atoms with van der Waals surface area (Å²) < 4.78 is 77.6. The van der Waals surface area contributed by atoms with Crippen LogP contribution < -0.4 is 0 Å². The molecule has 0 fully saturated rings. The van der Waals surface area contributed by atoms with Crippen LogP contribution >= 0.6 is 0 Å². The second-order valence-corrected chi connectivity index (χ2v) is 8.92. The molecule has 0 bridgehead atoms. The number of hydrogen-bond donors (Lipinski definition) is 2. The van der Waals surface area contributed by atoms with E-state index in [-0.39, 0.29) is 5.56 Å². The summed E-state index contributed by atoms with van der Waals surface area (Å²) in [5.41, 5.74) is -1.13. The van der Waals surface area contributed by atoms with Crippen LogP contribution in [0.4, 0.5) is 0 Å². The van der Waals surface area contributed by atoms with Crippen LogP contribution in [0.5, 0.6) is 0 Å². The van der Waals surface area contributed by atoms with E-state index in [1.54, 1.807) is 32.0 Å². The Hall–Kier alpha value is -2.80. The Morgan fingerprint density at radius 1 is 0.767 bits per heavy atom. The second-order valence-electron chi connectivity index (χ2n) is 6.21. The molecular formula is C18H18O10S2. The van der Waals surface area contributed by atoms with Gasteiger partial charge in [-0.3, -0.25) is 9.11 Å². The van der Waals surface area contributed by atoms with E-state index in [1.165, 1.54) is 0 Å². The first-order valence-electron chi connectivity index (χ1n) is 8.14. The topological polar surface area (TPSA) is 161 Å². The van der Waals surface area contributed by atoms with Crippen molar-refractivity contribution in [1.29, 1.82) is 0 Å². The monoisotopic (exact) mass is 458 g/mol. The van der Waals surface area contributed by atoms with Crippen molar-refractivity contribution in [1.82, 2.24) is 0 Å². The molecule has 12 heteroatoms. The Labute approximate surface area is 172 Å². The molecule has 0 atom stereocenters. The standard InChI is InChI=1S/C18H18O10S2/c1-9-6-5-7-10(2)13(9)14-11(17(19)27-3)8-12(18(20)28-4)15(29(21,22)23)16(14)30(24,25)26/h5-8H,1-4H3,(H,21,22,23)(H,24,25,26). The minimum Gasteiger partial charge on any atom is -0.465 e. The van der Waals surface area contributed by atoms with Gasteiger partial charge in [0.15, 0.2) is 0 Å². The van der Waals surface area contributed by atoms with E-state index in [2.05, 4.69) is 9.47 Å². The fourth-order valence-electron chi connectivity index (χ4n) is 3.13. The maximum atomic E-state index is 12.5. The van der Waals surface area contributed by atoms with Crippen LogP contribution in [0.1, 0.15) is 31.8 Å². The lowest BCUT2D eigenvalue weighted by molar-refractivity contribution is 0.0594. The Balaban J connectivity index is 3.38. The lowest BCUT2D eigenvalue weighted by atomic mass is 9.91. The smallest absolute Gasteiger partial charge is 0.339 e. The SMILES string of the molecule is COC(=O)c1cc(C(=O)OC)c(S(=O)(=O)O)c(S(=O)(=O)O)c1-c1c(C)cccc1C. The van der Waals surface area contributed by atoms with E-state index < -0.39 is 58.7 Å². The van der Waals surface area contributed by atoms with Crippen LogP contribution in [0.25, 0.3) is 11.1 Å². The van der Waals surface area contributed by atoms with Gasteiger partial charge in [-0.1, -0.05) is 18.2 Å². The van der Waals surface area contributed by atoms with Gasteiger partial charge in [-0.2, -0.15) is 16.8 Å². The number of methoxy groups -OCH3 is 2. The van der Waals surface area contributed by atoms with Crippen molar-refractivity contribution in [3.63, 3.8) is 0 Å². The van der Waals surface area contributed by atoms with Crippen LogP contribution in [0, 0.1) is 13.8 Å². The van der Waals surface area contributed by atoms with Crippen molar-refractivity contribution in [2.75, 3.05) is 14.2 Å². The highest BCUT2D eigenvalue weighted by molar-refractivity contribution is 7.89. The van der Waals surface area contributed by atoms with Gasteiger partial charge in [-0.25, -0.2) is 9.59 Å².